The van der Waals surface area contributed by atoms with E-state index in [1.165, 1.54) is 12.1 Å². The maximum absolute atomic E-state index is 15.1. The molecule has 0 spiro atoms. The monoisotopic (exact) mass is 454 g/mol. The maximum atomic E-state index is 15.1. The zero-order valence-corrected chi connectivity index (χ0v) is 19.2. The molecule has 0 saturated carbocycles. The third-order valence-electron chi connectivity index (χ3n) is 6.15. The van der Waals surface area contributed by atoms with E-state index >= 15 is 4.39 Å². The van der Waals surface area contributed by atoms with E-state index in [2.05, 4.69) is 6.92 Å². The van der Waals surface area contributed by atoms with Crippen LogP contribution in [0.3, 0.4) is 0 Å². The number of benzene rings is 3. The minimum Gasteiger partial charge on any atom is -0.373 e. The summed E-state index contributed by atoms with van der Waals surface area (Å²) >= 11 is 0. The summed E-state index contributed by atoms with van der Waals surface area (Å²) in [6.07, 6.45) is 4.77. The highest BCUT2D eigenvalue weighted by Crippen LogP contribution is 2.25. The van der Waals surface area contributed by atoms with E-state index in [1.807, 2.05) is 30.3 Å². The Labute approximate surface area is 194 Å². The van der Waals surface area contributed by atoms with Crippen molar-refractivity contribution in [2.45, 2.75) is 57.8 Å². The summed E-state index contributed by atoms with van der Waals surface area (Å²) in [5, 5.41) is 1.53. The van der Waals surface area contributed by atoms with Gasteiger partial charge in [0, 0.05) is 18.4 Å². The van der Waals surface area contributed by atoms with Crippen molar-refractivity contribution in [3.05, 3.63) is 82.9 Å². The first kappa shape index (κ1) is 23.8. The van der Waals surface area contributed by atoms with Crippen molar-refractivity contribution in [1.82, 2.24) is 0 Å². The number of ether oxygens (including phenoxy) is 3. The van der Waals surface area contributed by atoms with Gasteiger partial charge in [-0.25, -0.2) is 8.78 Å². The molecule has 0 amide bonds. The molecule has 1 heterocycles. The number of hydrogen-bond acceptors (Lipinski definition) is 3. The summed E-state index contributed by atoms with van der Waals surface area (Å²) in [5.74, 6) is -0.428. The molecule has 4 rings (SSSR count). The lowest BCUT2D eigenvalue weighted by Crippen LogP contribution is -2.37. The van der Waals surface area contributed by atoms with Crippen LogP contribution in [-0.4, -0.2) is 32.2 Å². The Morgan fingerprint density at radius 1 is 0.879 bits per heavy atom. The normalized spacial score (nSPS) is 18.6. The molecule has 33 heavy (non-hydrogen) atoms. The fraction of sp³-hybridized carbons (Fsp3) is 0.429. The average molecular weight is 455 g/mol. The summed E-state index contributed by atoms with van der Waals surface area (Å²) in [6, 6.07) is 16.1. The number of aryl methyl sites for hydroxylation is 3. The molecule has 0 aromatic heterocycles. The lowest BCUT2D eigenvalue weighted by atomic mass is 9.98. The second kappa shape index (κ2) is 11.7. The number of halogens is 2. The van der Waals surface area contributed by atoms with Crippen molar-refractivity contribution in [2.75, 3.05) is 19.8 Å². The van der Waals surface area contributed by atoms with Crippen molar-refractivity contribution in [1.29, 1.82) is 0 Å². The van der Waals surface area contributed by atoms with Crippen molar-refractivity contribution < 1.29 is 23.0 Å². The zero-order chi connectivity index (χ0) is 23.0. The maximum Gasteiger partial charge on any atom is 0.158 e. The molecular formula is C28H32F2O3. The highest BCUT2D eigenvalue weighted by Gasteiger charge is 2.22. The van der Waals surface area contributed by atoms with E-state index < -0.39 is 0 Å². The zero-order valence-electron chi connectivity index (χ0n) is 19.2. The van der Waals surface area contributed by atoms with Crippen LogP contribution >= 0.6 is 0 Å². The van der Waals surface area contributed by atoms with Crippen LogP contribution in [0.1, 0.15) is 42.9 Å². The lowest BCUT2D eigenvalue weighted by Gasteiger charge is -2.29. The molecule has 3 nitrogen and oxygen atoms in total. The first-order chi connectivity index (χ1) is 16.1. The minimum absolute atomic E-state index is 0.0219. The molecule has 1 saturated heterocycles. The lowest BCUT2D eigenvalue weighted by molar-refractivity contribution is -0.227. The Bertz CT molecular complexity index is 1030. The van der Waals surface area contributed by atoms with Gasteiger partial charge < -0.3 is 14.2 Å². The van der Waals surface area contributed by atoms with Gasteiger partial charge in [0.25, 0.3) is 0 Å². The van der Waals surface area contributed by atoms with Crippen LogP contribution in [-0.2, 0) is 33.5 Å². The van der Waals surface area contributed by atoms with E-state index in [1.54, 1.807) is 12.1 Å². The van der Waals surface area contributed by atoms with Gasteiger partial charge in [0.05, 0.1) is 13.2 Å². The fourth-order valence-electron chi connectivity index (χ4n) is 4.13. The Morgan fingerprint density at radius 3 is 2.39 bits per heavy atom. The van der Waals surface area contributed by atoms with Gasteiger partial charge in [-0.3, -0.25) is 0 Å². The molecule has 0 aliphatic carbocycles. The first-order valence-corrected chi connectivity index (χ1v) is 11.9. The Hall–Kier alpha value is -2.34. The molecule has 1 aliphatic heterocycles. The fourth-order valence-corrected chi connectivity index (χ4v) is 4.13. The molecule has 0 radical (unpaired) electrons. The van der Waals surface area contributed by atoms with Crippen LogP contribution in [0.25, 0.3) is 10.8 Å². The second-order valence-corrected chi connectivity index (χ2v) is 8.70. The van der Waals surface area contributed by atoms with Crippen molar-refractivity contribution in [3.63, 3.8) is 0 Å². The third kappa shape index (κ3) is 6.59. The topological polar surface area (TPSA) is 27.7 Å². The molecule has 1 fully saturated rings. The highest BCUT2D eigenvalue weighted by atomic mass is 19.1. The van der Waals surface area contributed by atoms with E-state index in [4.69, 9.17) is 14.2 Å². The SMILES string of the molecule is CCCCOC1COC(CCc2ccc3c(F)c(CCc4ccc(F)cc4)ccc3c2)OC1. The van der Waals surface area contributed by atoms with Gasteiger partial charge in [-0.2, -0.15) is 0 Å². The quantitative estimate of drug-likeness (QED) is 0.332. The summed E-state index contributed by atoms with van der Waals surface area (Å²) in [6.45, 7) is 4.03. The summed E-state index contributed by atoms with van der Waals surface area (Å²) in [7, 11) is 0. The smallest absolute Gasteiger partial charge is 0.158 e. The average Bonchev–Trinajstić information content (AvgIpc) is 2.84. The van der Waals surface area contributed by atoms with E-state index in [-0.39, 0.29) is 24.0 Å². The predicted molar refractivity (Wildman–Crippen MR) is 126 cm³/mol. The molecule has 0 atom stereocenters. The molecule has 5 heteroatoms. The molecule has 3 aromatic rings. The Kier molecular flexibility index (Phi) is 8.43. The minimum atomic E-state index is -0.256. The summed E-state index contributed by atoms with van der Waals surface area (Å²) < 4.78 is 45.5. The Morgan fingerprint density at radius 2 is 1.64 bits per heavy atom. The molecule has 1 aliphatic rings. The van der Waals surface area contributed by atoms with Gasteiger partial charge in [0.1, 0.15) is 17.7 Å². The van der Waals surface area contributed by atoms with Gasteiger partial charge in [-0.15, -0.1) is 0 Å². The van der Waals surface area contributed by atoms with E-state index in [0.29, 0.717) is 37.0 Å². The molecule has 0 bridgehead atoms. The van der Waals surface area contributed by atoms with Gasteiger partial charge in [-0.05, 0) is 59.9 Å². The highest BCUT2D eigenvalue weighted by molar-refractivity contribution is 5.84. The summed E-state index contributed by atoms with van der Waals surface area (Å²) in [4.78, 5) is 0. The van der Waals surface area contributed by atoms with Gasteiger partial charge in [0.2, 0.25) is 0 Å². The van der Waals surface area contributed by atoms with Crippen LogP contribution in [0.4, 0.5) is 8.78 Å². The van der Waals surface area contributed by atoms with Crippen LogP contribution in [0.15, 0.2) is 54.6 Å². The Balaban J connectivity index is 1.30. The molecule has 3 aromatic carbocycles. The standard InChI is InChI=1S/C28H32F2O3/c1-2-3-16-31-25-18-32-27(33-19-25)15-8-21-7-14-26-23(17-21)11-10-22(28(26)30)9-4-20-5-12-24(29)13-6-20/h5-7,10-14,17,25,27H,2-4,8-9,15-16,18-19H2,1H3. The molecular weight excluding hydrogens is 422 g/mol. The number of rotatable bonds is 10. The number of hydrogen-bond donors (Lipinski definition) is 0. The number of fused-ring (bicyclic) bond motifs is 1. The van der Waals surface area contributed by atoms with Crippen LogP contribution < -0.4 is 0 Å². The third-order valence-corrected chi connectivity index (χ3v) is 6.15. The second-order valence-electron chi connectivity index (χ2n) is 8.70. The van der Waals surface area contributed by atoms with Crippen LogP contribution in [0.5, 0.6) is 0 Å². The van der Waals surface area contributed by atoms with E-state index in [0.717, 1.165) is 48.8 Å². The van der Waals surface area contributed by atoms with Crippen LogP contribution in [0, 0.1) is 11.6 Å². The summed E-state index contributed by atoms with van der Waals surface area (Å²) in [5.41, 5.74) is 2.81. The molecule has 176 valence electrons. The first-order valence-electron chi connectivity index (χ1n) is 11.9. The molecule has 0 N–H and O–H groups in total. The predicted octanol–water partition coefficient (Wildman–Crippen LogP) is 6.39. The van der Waals surface area contributed by atoms with E-state index in [9.17, 15) is 4.39 Å². The molecule has 0 unspecified atom stereocenters. The van der Waals surface area contributed by atoms with Gasteiger partial charge in [0.15, 0.2) is 6.29 Å². The van der Waals surface area contributed by atoms with Crippen LogP contribution in [0.2, 0.25) is 0 Å². The van der Waals surface area contributed by atoms with Crippen molar-refractivity contribution in [2.24, 2.45) is 0 Å². The van der Waals surface area contributed by atoms with Gasteiger partial charge >= 0.3 is 0 Å². The van der Waals surface area contributed by atoms with Crippen molar-refractivity contribution in [3.8, 4) is 0 Å². The van der Waals surface area contributed by atoms with Gasteiger partial charge in [-0.1, -0.05) is 55.8 Å². The van der Waals surface area contributed by atoms with Crippen molar-refractivity contribution >= 4 is 10.8 Å². The number of unbranched alkanes of at least 4 members (excludes halogenated alkanes) is 1. The largest absolute Gasteiger partial charge is 0.373 e.